The van der Waals surface area contributed by atoms with Crippen molar-refractivity contribution < 1.29 is 18.9 Å². The van der Waals surface area contributed by atoms with Crippen molar-refractivity contribution in [2.75, 3.05) is 27.6 Å². The molecule has 164 valence electrons. The zero-order valence-electron chi connectivity index (χ0n) is 18.5. The van der Waals surface area contributed by atoms with E-state index in [4.69, 9.17) is 18.9 Å². The lowest BCUT2D eigenvalue weighted by molar-refractivity contribution is 0.174. The Morgan fingerprint density at radius 3 is 2.44 bits per heavy atom. The molecule has 0 atom stereocenters. The van der Waals surface area contributed by atoms with Crippen LogP contribution in [0.1, 0.15) is 27.8 Å². The third-order valence-corrected chi connectivity index (χ3v) is 6.09. The Bertz CT molecular complexity index is 1140. The van der Waals surface area contributed by atoms with E-state index in [-0.39, 0.29) is 6.79 Å². The van der Waals surface area contributed by atoms with Gasteiger partial charge >= 0.3 is 0 Å². The predicted octanol–water partition coefficient (Wildman–Crippen LogP) is 5.16. The number of benzene rings is 3. The van der Waals surface area contributed by atoms with E-state index >= 15 is 0 Å². The van der Waals surface area contributed by atoms with E-state index < -0.39 is 0 Å². The molecule has 5 nitrogen and oxygen atoms in total. The minimum absolute atomic E-state index is 0.280. The van der Waals surface area contributed by atoms with Gasteiger partial charge in [0.15, 0.2) is 23.0 Å². The summed E-state index contributed by atoms with van der Waals surface area (Å²) in [6.45, 7) is 2.79. The number of ether oxygens (including phenoxy) is 4. The van der Waals surface area contributed by atoms with Crippen molar-refractivity contribution in [3.05, 3.63) is 82.4 Å². The van der Waals surface area contributed by atoms with Gasteiger partial charge in [0.2, 0.25) is 6.79 Å². The third-order valence-electron chi connectivity index (χ3n) is 6.09. The van der Waals surface area contributed by atoms with Gasteiger partial charge in [0.25, 0.3) is 0 Å². The van der Waals surface area contributed by atoms with Gasteiger partial charge in [0.05, 0.1) is 14.2 Å². The molecule has 0 aliphatic carbocycles. The van der Waals surface area contributed by atoms with Gasteiger partial charge in [-0.2, -0.15) is 0 Å². The Balaban J connectivity index is 1.60. The Morgan fingerprint density at radius 2 is 1.66 bits per heavy atom. The Kier molecular flexibility index (Phi) is 5.73. The molecule has 32 heavy (non-hydrogen) atoms. The second kappa shape index (κ2) is 8.97. The molecule has 0 fully saturated rings. The fourth-order valence-electron chi connectivity index (χ4n) is 4.43. The lowest BCUT2D eigenvalue weighted by Crippen LogP contribution is -2.26. The van der Waals surface area contributed by atoms with Gasteiger partial charge < -0.3 is 18.9 Å². The molecule has 0 saturated heterocycles. The highest BCUT2D eigenvalue weighted by atomic mass is 16.7. The van der Waals surface area contributed by atoms with E-state index in [0.717, 1.165) is 65.7 Å². The van der Waals surface area contributed by atoms with Gasteiger partial charge in [0.1, 0.15) is 0 Å². The van der Waals surface area contributed by atoms with Crippen molar-refractivity contribution in [1.82, 2.24) is 4.90 Å². The van der Waals surface area contributed by atoms with E-state index in [1.165, 1.54) is 11.1 Å². The van der Waals surface area contributed by atoms with Crippen LogP contribution >= 0.6 is 0 Å². The monoisotopic (exact) mass is 429 g/mol. The van der Waals surface area contributed by atoms with Crippen molar-refractivity contribution >= 4 is 12.2 Å². The minimum atomic E-state index is 0.280. The van der Waals surface area contributed by atoms with Gasteiger partial charge in [-0.05, 0) is 46.9 Å². The van der Waals surface area contributed by atoms with Gasteiger partial charge in [-0.15, -0.1) is 0 Å². The quantitative estimate of drug-likeness (QED) is 0.573. The van der Waals surface area contributed by atoms with Crippen LogP contribution in [0.2, 0.25) is 0 Å². The van der Waals surface area contributed by atoms with Crippen LogP contribution in [0.4, 0.5) is 0 Å². The highest BCUT2D eigenvalue weighted by Crippen LogP contribution is 2.38. The van der Waals surface area contributed by atoms with Crippen LogP contribution in [0.25, 0.3) is 12.2 Å². The van der Waals surface area contributed by atoms with E-state index in [1.807, 2.05) is 6.07 Å². The topological polar surface area (TPSA) is 40.2 Å². The first-order valence-corrected chi connectivity index (χ1v) is 10.9. The summed E-state index contributed by atoms with van der Waals surface area (Å²) in [7, 11) is 3.39. The van der Waals surface area contributed by atoms with Crippen LogP contribution in [-0.2, 0) is 19.5 Å². The number of nitrogens with zero attached hydrogens (tertiary/aromatic N) is 1. The van der Waals surface area contributed by atoms with E-state index in [1.54, 1.807) is 14.2 Å². The zero-order valence-corrected chi connectivity index (χ0v) is 18.5. The smallest absolute Gasteiger partial charge is 0.231 e. The summed E-state index contributed by atoms with van der Waals surface area (Å²) in [5, 5.41) is 0. The number of methoxy groups -OCH3 is 2. The maximum atomic E-state index is 5.81. The largest absolute Gasteiger partial charge is 0.493 e. The molecule has 2 aliphatic rings. The normalized spacial score (nSPS) is 16.1. The molecule has 0 amide bonds. The van der Waals surface area contributed by atoms with Crippen LogP contribution in [-0.4, -0.2) is 32.5 Å². The van der Waals surface area contributed by atoms with Crippen LogP contribution in [0, 0.1) is 0 Å². The molecule has 5 heteroatoms. The highest BCUT2D eigenvalue weighted by molar-refractivity contribution is 5.76. The maximum absolute atomic E-state index is 5.81. The average Bonchev–Trinajstić information content (AvgIpc) is 3.28. The molecule has 3 aromatic carbocycles. The summed E-state index contributed by atoms with van der Waals surface area (Å²) < 4.78 is 22.7. The summed E-state index contributed by atoms with van der Waals surface area (Å²) in [5.74, 6) is 3.18. The Morgan fingerprint density at radius 1 is 0.875 bits per heavy atom. The van der Waals surface area contributed by atoms with Crippen molar-refractivity contribution in [2.45, 2.75) is 19.5 Å². The van der Waals surface area contributed by atoms with Crippen molar-refractivity contribution in [2.24, 2.45) is 0 Å². The lowest BCUT2D eigenvalue weighted by atomic mass is 9.97. The molecular weight excluding hydrogens is 402 g/mol. The van der Waals surface area contributed by atoms with Crippen LogP contribution in [0.15, 0.2) is 54.6 Å². The molecule has 2 heterocycles. The van der Waals surface area contributed by atoms with E-state index in [2.05, 4.69) is 65.6 Å². The standard InChI is InChI=1S/C27H27NO4/c1-29-24-11-10-20-8-9-21-14-25-26(32-18-31-25)15-22(21)12-13-28(17-23(20)27(24)30-2)16-19-6-4-3-5-7-19/h3-11,14-15H,12-13,16-18H2,1-2H3/b9-8+. The molecule has 2 aliphatic heterocycles. The fraction of sp³-hybridized carbons (Fsp3) is 0.259. The zero-order chi connectivity index (χ0) is 21.9. The molecule has 5 rings (SSSR count). The third kappa shape index (κ3) is 4.04. The molecule has 0 bridgehead atoms. The lowest BCUT2D eigenvalue weighted by Gasteiger charge is -2.26. The molecule has 0 unspecified atom stereocenters. The summed E-state index contributed by atoms with van der Waals surface area (Å²) >= 11 is 0. The molecule has 0 radical (unpaired) electrons. The number of hydrogen-bond acceptors (Lipinski definition) is 5. The number of hydrogen-bond donors (Lipinski definition) is 0. The molecule has 0 aromatic heterocycles. The van der Waals surface area contributed by atoms with Crippen LogP contribution < -0.4 is 18.9 Å². The van der Waals surface area contributed by atoms with E-state index in [0.29, 0.717) is 0 Å². The molecule has 0 N–H and O–H groups in total. The average molecular weight is 430 g/mol. The van der Waals surface area contributed by atoms with E-state index in [9.17, 15) is 0 Å². The molecule has 0 saturated carbocycles. The Labute approximate surface area is 188 Å². The van der Waals surface area contributed by atoms with Crippen LogP contribution in [0.5, 0.6) is 23.0 Å². The summed E-state index contributed by atoms with van der Waals surface area (Å²) in [6.07, 6.45) is 5.23. The SMILES string of the molecule is COc1ccc2c(c1OC)CN(Cc1ccccc1)CCc1cc3c(cc1/C=C/2)OCO3. The number of rotatable bonds is 4. The van der Waals surface area contributed by atoms with Crippen molar-refractivity contribution in [3.63, 3.8) is 0 Å². The molecular formula is C27H27NO4. The van der Waals surface area contributed by atoms with Gasteiger partial charge in [-0.25, -0.2) is 0 Å². The van der Waals surface area contributed by atoms with Gasteiger partial charge in [-0.1, -0.05) is 48.6 Å². The summed E-state index contributed by atoms with van der Waals surface area (Å²) in [6, 6.07) is 18.9. The first kappa shape index (κ1) is 20.5. The maximum Gasteiger partial charge on any atom is 0.231 e. The van der Waals surface area contributed by atoms with Crippen LogP contribution in [0.3, 0.4) is 0 Å². The molecule has 3 aromatic rings. The summed E-state index contributed by atoms with van der Waals surface area (Å²) in [4.78, 5) is 2.46. The molecule has 0 spiro atoms. The van der Waals surface area contributed by atoms with Crippen molar-refractivity contribution in [3.8, 4) is 23.0 Å². The second-order valence-electron chi connectivity index (χ2n) is 8.05. The minimum Gasteiger partial charge on any atom is -0.493 e. The first-order chi connectivity index (χ1) is 15.7. The highest BCUT2D eigenvalue weighted by Gasteiger charge is 2.21. The Hall–Kier alpha value is -3.44. The number of fused-ring (bicyclic) bond motifs is 3. The fourth-order valence-corrected chi connectivity index (χ4v) is 4.43. The predicted molar refractivity (Wildman–Crippen MR) is 125 cm³/mol. The first-order valence-electron chi connectivity index (χ1n) is 10.9. The van der Waals surface area contributed by atoms with Gasteiger partial charge in [-0.3, -0.25) is 4.90 Å². The second-order valence-corrected chi connectivity index (χ2v) is 8.05. The van der Waals surface area contributed by atoms with Gasteiger partial charge in [0, 0.05) is 25.2 Å². The summed E-state index contributed by atoms with van der Waals surface area (Å²) in [5.41, 5.74) is 5.94. The van der Waals surface area contributed by atoms with Crippen molar-refractivity contribution in [1.29, 1.82) is 0 Å².